The third kappa shape index (κ3) is 5.48. The van der Waals surface area contributed by atoms with Crippen LogP contribution in [0.25, 0.3) is 11.3 Å². The van der Waals surface area contributed by atoms with Crippen molar-refractivity contribution in [3.8, 4) is 11.3 Å². The average molecular weight is 491 g/mol. The Bertz CT molecular complexity index is 1320. The number of carbonyl (C=O) groups excluding carboxylic acids is 3. The maximum atomic E-state index is 13.3. The Morgan fingerprint density at radius 3 is 2.21 bits per heavy atom. The summed E-state index contributed by atoms with van der Waals surface area (Å²) in [6.07, 6.45) is 0. The molecule has 0 fully saturated rings. The molecule has 4 rings (SSSR count). The van der Waals surface area contributed by atoms with Crippen molar-refractivity contribution in [2.45, 2.75) is 6.92 Å². The van der Waals surface area contributed by atoms with Crippen molar-refractivity contribution in [2.24, 2.45) is 0 Å². The summed E-state index contributed by atoms with van der Waals surface area (Å²) in [5.74, 6) is -1.06. The Balaban J connectivity index is 1.63. The fraction of sp³-hybridized carbons (Fsp3) is 0.0400. The number of hydrazine groups is 1. The lowest BCUT2D eigenvalue weighted by molar-refractivity contribution is -0.114. The third-order valence-corrected chi connectivity index (χ3v) is 5.81. The van der Waals surface area contributed by atoms with Gasteiger partial charge in [-0.1, -0.05) is 41.9 Å². The largest absolute Gasteiger partial charge is 0.326 e. The van der Waals surface area contributed by atoms with Gasteiger partial charge < -0.3 is 5.32 Å². The summed E-state index contributed by atoms with van der Waals surface area (Å²) in [5.41, 5.74) is 5.51. The molecule has 0 saturated heterocycles. The number of aromatic nitrogens is 1. The minimum absolute atomic E-state index is 0.157. The van der Waals surface area contributed by atoms with Crippen molar-refractivity contribution in [1.82, 2.24) is 10.4 Å². The van der Waals surface area contributed by atoms with Crippen LogP contribution in [-0.2, 0) is 4.79 Å². The predicted molar refractivity (Wildman–Crippen MR) is 134 cm³/mol. The molecule has 34 heavy (non-hydrogen) atoms. The maximum absolute atomic E-state index is 13.3. The molecule has 0 aliphatic carbocycles. The molecule has 170 valence electrons. The first-order chi connectivity index (χ1) is 16.4. The molecule has 4 aromatic rings. The molecule has 0 atom stereocenters. The van der Waals surface area contributed by atoms with E-state index in [0.717, 1.165) is 10.6 Å². The van der Waals surface area contributed by atoms with E-state index >= 15 is 0 Å². The van der Waals surface area contributed by atoms with Gasteiger partial charge in [0.15, 0.2) is 0 Å². The SMILES string of the molecule is CC(=O)Nc1ccc(-c2csc(N(NC(=O)c3ccc(Cl)cc3)C(=O)c3ccccc3)n2)cc1. The second kappa shape index (κ2) is 10.3. The molecule has 2 N–H and O–H groups in total. The average Bonchev–Trinajstić information content (AvgIpc) is 3.33. The number of thiazole rings is 1. The molecular weight excluding hydrogens is 472 g/mol. The summed E-state index contributed by atoms with van der Waals surface area (Å²) in [6, 6.07) is 22.2. The Labute approximate surface area is 205 Å². The van der Waals surface area contributed by atoms with Gasteiger partial charge >= 0.3 is 0 Å². The Morgan fingerprint density at radius 2 is 1.56 bits per heavy atom. The predicted octanol–water partition coefficient (Wildman–Crippen LogP) is 5.41. The van der Waals surface area contributed by atoms with Gasteiger partial charge in [0.1, 0.15) is 0 Å². The minimum Gasteiger partial charge on any atom is -0.326 e. The lowest BCUT2D eigenvalue weighted by Crippen LogP contribution is -2.46. The van der Waals surface area contributed by atoms with E-state index in [1.165, 1.54) is 18.3 Å². The first-order valence-corrected chi connectivity index (χ1v) is 11.5. The summed E-state index contributed by atoms with van der Waals surface area (Å²) in [6.45, 7) is 1.44. The second-order valence-electron chi connectivity index (χ2n) is 7.23. The van der Waals surface area contributed by atoms with E-state index in [4.69, 9.17) is 11.6 Å². The topological polar surface area (TPSA) is 91.4 Å². The smallest absolute Gasteiger partial charge is 0.279 e. The highest BCUT2D eigenvalue weighted by Gasteiger charge is 2.24. The number of carbonyl (C=O) groups is 3. The van der Waals surface area contributed by atoms with Gasteiger partial charge in [0.25, 0.3) is 11.8 Å². The molecule has 0 spiro atoms. The van der Waals surface area contributed by atoms with Crippen LogP contribution in [0.5, 0.6) is 0 Å². The number of halogens is 1. The van der Waals surface area contributed by atoms with Crippen molar-refractivity contribution >= 4 is 51.5 Å². The second-order valence-corrected chi connectivity index (χ2v) is 8.50. The van der Waals surface area contributed by atoms with Crippen LogP contribution in [-0.4, -0.2) is 22.7 Å². The number of rotatable bonds is 5. The van der Waals surface area contributed by atoms with Crippen LogP contribution in [0.2, 0.25) is 5.02 Å². The van der Waals surface area contributed by atoms with Gasteiger partial charge in [0.05, 0.1) is 5.69 Å². The molecule has 7 nitrogen and oxygen atoms in total. The molecule has 0 saturated carbocycles. The maximum Gasteiger partial charge on any atom is 0.279 e. The van der Waals surface area contributed by atoms with Gasteiger partial charge in [0, 0.05) is 39.7 Å². The highest BCUT2D eigenvalue weighted by molar-refractivity contribution is 7.14. The third-order valence-electron chi connectivity index (χ3n) is 4.73. The summed E-state index contributed by atoms with van der Waals surface area (Å²) in [7, 11) is 0. The molecule has 0 radical (unpaired) electrons. The number of hydrogen-bond donors (Lipinski definition) is 2. The zero-order chi connectivity index (χ0) is 24.1. The van der Waals surface area contributed by atoms with Crippen LogP contribution in [0.1, 0.15) is 27.6 Å². The molecular formula is C25H19ClN4O3S. The molecule has 3 aromatic carbocycles. The molecule has 0 aliphatic rings. The Kier molecular flexibility index (Phi) is 7.01. The molecule has 0 aliphatic heterocycles. The number of nitrogens with one attached hydrogen (secondary N) is 2. The van der Waals surface area contributed by atoms with E-state index in [-0.39, 0.29) is 5.91 Å². The van der Waals surface area contributed by atoms with Crippen LogP contribution in [0.15, 0.2) is 84.2 Å². The molecule has 9 heteroatoms. The number of nitrogens with zero attached hydrogens (tertiary/aromatic N) is 2. The summed E-state index contributed by atoms with van der Waals surface area (Å²) in [4.78, 5) is 42.0. The van der Waals surface area contributed by atoms with E-state index in [1.54, 1.807) is 72.1 Å². The van der Waals surface area contributed by atoms with E-state index in [2.05, 4.69) is 15.7 Å². The lowest BCUT2D eigenvalue weighted by Gasteiger charge is -2.20. The Hall–Kier alpha value is -4.01. The van der Waals surface area contributed by atoms with Crippen molar-refractivity contribution in [3.63, 3.8) is 0 Å². The fourth-order valence-electron chi connectivity index (χ4n) is 3.09. The zero-order valence-electron chi connectivity index (χ0n) is 18.0. The van der Waals surface area contributed by atoms with Gasteiger partial charge in [-0.3, -0.25) is 19.8 Å². The normalized spacial score (nSPS) is 10.4. The van der Waals surface area contributed by atoms with Crippen molar-refractivity contribution < 1.29 is 14.4 Å². The molecule has 0 unspecified atom stereocenters. The zero-order valence-corrected chi connectivity index (χ0v) is 19.6. The number of hydrogen-bond acceptors (Lipinski definition) is 5. The van der Waals surface area contributed by atoms with E-state index < -0.39 is 11.8 Å². The quantitative estimate of drug-likeness (QED) is 0.366. The van der Waals surface area contributed by atoms with E-state index in [1.807, 2.05) is 12.1 Å². The van der Waals surface area contributed by atoms with Gasteiger partial charge in [-0.15, -0.1) is 11.3 Å². The first-order valence-electron chi connectivity index (χ1n) is 10.2. The number of benzene rings is 3. The fourth-order valence-corrected chi connectivity index (χ4v) is 4.01. The van der Waals surface area contributed by atoms with E-state index in [9.17, 15) is 14.4 Å². The summed E-state index contributed by atoms with van der Waals surface area (Å²) < 4.78 is 0. The summed E-state index contributed by atoms with van der Waals surface area (Å²) in [5, 5.41) is 6.46. The van der Waals surface area contributed by atoms with Crippen LogP contribution >= 0.6 is 22.9 Å². The number of amides is 3. The van der Waals surface area contributed by atoms with Gasteiger partial charge in [-0.05, 0) is 48.5 Å². The molecule has 1 aromatic heterocycles. The van der Waals surface area contributed by atoms with Crippen molar-refractivity contribution in [1.29, 1.82) is 0 Å². The highest BCUT2D eigenvalue weighted by Crippen LogP contribution is 2.28. The van der Waals surface area contributed by atoms with E-state index in [0.29, 0.717) is 32.7 Å². The van der Waals surface area contributed by atoms with Crippen molar-refractivity contribution in [3.05, 3.63) is 100 Å². The minimum atomic E-state index is -0.475. The first kappa shape index (κ1) is 23.2. The molecule has 0 bridgehead atoms. The number of anilines is 2. The molecule has 1 heterocycles. The van der Waals surface area contributed by atoms with Crippen LogP contribution in [0, 0.1) is 0 Å². The van der Waals surface area contributed by atoms with Crippen LogP contribution in [0.3, 0.4) is 0 Å². The highest BCUT2D eigenvalue weighted by atomic mass is 35.5. The monoisotopic (exact) mass is 490 g/mol. The standard InChI is InChI=1S/C25H19ClN4O3S/c1-16(31)27-21-13-9-17(10-14-21)22-15-34-25(28-22)30(24(33)19-5-3-2-4-6-19)29-23(32)18-7-11-20(26)12-8-18/h2-15H,1H3,(H,27,31)(H,29,32). The Morgan fingerprint density at radius 1 is 0.882 bits per heavy atom. The van der Waals surface area contributed by atoms with Gasteiger partial charge in [-0.2, -0.15) is 5.01 Å². The van der Waals surface area contributed by atoms with Gasteiger partial charge in [0.2, 0.25) is 11.0 Å². The summed E-state index contributed by atoms with van der Waals surface area (Å²) >= 11 is 7.14. The lowest BCUT2D eigenvalue weighted by atomic mass is 10.1. The van der Waals surface area contributed by atoms with Crippen LogP contribution < -0.4 is 15.8 Å². The van der Waals surface area contributed by atoms with Gasteiger partial charge in [-0.25, -0.2) is 4.98 Å². The van der Waals surface area contributed by atoms with Crippen LogP contribution in [0.4, 0.5) is 10.8 Å². The molecule has 3 amide bonds. The van der Waals surface area contributed by atoms with Crippen molar-refractivity contribution in [2.75, 3.05) is 10.3 Å².